The summed E-state index contributed by atoms with van der Waals surface area (Å²) in [5.74, 6) is 1.33. The third-order valence-corrected chi connectivity index (χ3v) is 6.64. The number of hydrogen-bond donors (Lipinski definition) is 0. The lowest BCUT2D eigenvalue weighted by atomic mass is 10.1. The number of thioether (sulfide) groups is 1. The van der Waals surface area contributed by atoms with Gasteiger partial charge in [-0.1, -0.05) is 48.2 Å². The molecule has 182 valence electrons. The highest BCUT2D eigenvalue weighted by Gasteiger charge is 2.22. The number of carbonyl (C=O) groups excluding carboxylic acids is 1. The van der Waals surface area contributed by atoms with E-state index in [0.717, 1.165) is 11.3 Å². The van der Waals surface area contributed by atoms with Crippen molar-refractivity contribution in [1.82, 2.24) is 9.55 Å². The van der Waals surface area contributed by atoms with Gasteiger partial charge in [-0.05, 0) is 56.3 Å². The number of benzene rings is 3. The fraction of sp³-hybridized carbons (Fsp3) is 0.179. The Labute approximate surface area is 213 Å². The normalized spacial score (nSPS) is 12.1. The molecule has 1 aliphatic heterocycles. The zero-order valence-electron chi connectivity index (χ0n) is 20.0. The molecule has 0 fully saturated rings. The predicted octanol–water partition coefficient (Wildman–Crippen LogP) is 5.16. The van der Waals surface area contributed by atoms with Crippen LogP contribution in [0.1, 0.15) is 13.8 Å². The second-order valence-electron chi connectivity index (χ2n) is 8.48. The summed E-state index contributed by atoms with van der Waals surface area (Å²) in [5, 5.41) is 0.437. The summed E-state index contributed by atoms with van der Waals surface area (Å²) < 4.78 is 12.4. The molecule has 0 N–H and O–H groups in total. The van der Waals surface area contributed by atoms with Gasteiger partial charge < -0.3 is 14.4 Å². The first-order valence-corrected chi connectivity index (χ1v) is 12.6. The predicted molar refractivity (Wildman–Crippen MR) is 141 cm³/mol. The van der Waals surface area contributed by atoms with Crippen LogP contribution in [-0.2, 0) is 4.79 Å². The van der Waals surface area contributed by atoms with E-state index in [2.05, 4.69) is 0 Å². The van der Waals surface area contributed by atoms with Crippen LogP contribution >= 0.6 is 11.8 Å². The van der Waals surface area contributed by atoms with E-state index >= 15 is 0 Å². The van der Waals surface area contributed by atoms with Crippen molar-refractivity contribution in [2.75, 3.05) is 17.4 Å². The van der Waals surface area contributed by atoms with E-state index in [4.69, 9.17) is 14.5 Å². The Morgan fingerprint density at radius 1 is 0.972 bits per heavy atom. The maximum absolute atomic E-state index is 13.3. The topological polar surface area (TPSA) is 73.7 Å². The summed E-state index contributed by atoms with van der Waals surface area (Å²) in [5.41, 5.74) is 2.52. The molecule has 4 aromatic rings. The molecule has 36 heavy (non-hydrogen) atoms. The molecule has 0 saturated carbocycles. The molecule has 0 radical (unpaired) electrons. The molecule has 1 aromatic heterocycles. The number of fused-ring (bicyclic) bond motifs is 1. The van der Waals surface area contributed by atoms with Gasteiger partial charge in [-0.25, -0.2) is 4.98 Å². The van der Waals surface area contributed by atoms with Crippen LogP contribution in [0.25, 0.3) is 16.9 Å². The van der Waals surface area contributed by atoms with Crippen LogP contribution in [-0.4, -0.2) is 34.0 Å². The van der Waals surface area contributed by atoms with Crippen LogP contribution in [0.2, 0.25) is 0 Å². The van der Waals surface area contributed by atoms with Crippen molar-refractivity contribution in [1.29, 1.82) is 0 Å². The fourth-order valence-corrected chi connectivity index (χ4v) is 4.97. The molecule has 0 aliphatic carbocycles. The van der Waals surface area contributed by atoms with Crippen molar-refractivity contribution in [3.63, 3.8) is 0 Å². The van der Waals surface area contributed by atoms with Gasteiger partial charge in [-0.2, -0.15) is 0 Å². The van der Waals surface area contributed by atoms with Crippen LogP contribution in [0.5, 0.6) is 11.5 Å². The lowest BCUT2D eigenvalue weighted by molar-refractivity contribution is -0.116. The standard InChI is InChI=1S/C28H25N3O4S/c1-19(2)30(21-9-5-3-6-10-21)27(33)17-36-28-29-23(20-13-14-24-25(15-20)35-18-34-24)16-26(32)31(28)22-11-7-4-8-12-22/h3-16,19H,17-18H2,1-2H3. The number of nitrogens with zero attached hydrogens (tertiary/aromatic N) is 3. The highest BCUT2D eigenvalue weighted by molar-refractivity contribution is 7.99. The van der Waals surface area contributed by atoms with Crippen molar-refractivity contribution in [3.8, 4) is 28.4 Å². The molecule has 5 rings (SSSR count). The second kappa shape index (κ2) is 10.3. The van der Waals surface area contributed by atoms with Crippen LogP contribution in [0.15, 0.2) is 94.9 Å². The van der Waals surface area contributed by atoms with Crippen LogP contribution in [0.3, 0.4) is 0 Å². The smallest absolute Gasteiger partial charge is 0.259 e. The van der Waals surface area contributed by atoms with E-state index in [0.29, 0.717) is 28.0 Å². The number of ether oxygens (including phenoxy) is 2. The van der Waals surface area contributed by atoms with Gasteiger partial charge >= 0.3 is 0 Å². The Bertz CT molecular complexity index is 1440. The third kappa shape index (κ3) is 4.85. The van der Waals surface area contributed by atoms with E-state index in [-0.39, 0.29) is 30.1 Å². The third-order valence-electron chi connectivity index (χ3n) is 5.71. The Hall–Kier alpha value is -4.04. The van der Waals surface area contributed by atoms with Gasteiger partial charge in [0.25, 0.3) is 5.56 Å². The Balaban J connectivity index is 1.51. The molecule has 3 aromatic carbocycles. The Morgan fingerprint density at radius 2 is 1.67 bits per heavy atom. The second-order valence-corrected chi connectivity index (χ2v) is 9.43. The summed E-state index contributed by atoms with van der Waals surface area (Å²) in [4.78, 5) is 33.2. The molecule has 0 spiro atoms. The number of anilines is 1. The quantitative estimate of drug-likeness (QED) is 0.258. The van der Waals surface area contributed by atoms with Crippen molar-refractivity contribution in [2.24, 2.45) is 0 Å². The van der Waals surface area contributed by atoms with E-state index in [1.165, 1.54) is 22.4 Å². The van der Waals surface area contributed by atoms with Gasteiger partial charge in [0.15, 0.2) is 16.7 Å². The molecule has 2 heterocycles. The van der Waals surface area contributed by atoms with E-state index in [9.17, 15) is 9.59 Å². The molecule has 1 aliphatic rings. The monoisotopic (exact) mass is 499 g/mol. The molecule has 0 atom stereocenters. The number of hydrogen-bond acceptors (Lipinski definition) is 6. The van der Waals surface area contributed by atoms with Crippen molar-refractivity contribution < 1.29 is 14.3 Å². The average molecular weight is 500 g/mol. The van der Waals surface area contributed by atoms with E-state index in [1.54, 1.807) is 11.0 Å². The molecule has 7 nitrogen and oxygen atoms in total. The van der Waals surface area contributed by atoms with Crippen LogP contribution < -0.4 is 19.9 Å². The van der Waals surface area contributed by atoms with E-state index < -0.39 is 0 Å². The van der Waals surface area contributed by atoms with Gasteiger partial charge in [0, 0.05) is 23.4 Å². The number of carbonyl (C=O) groups is 1. The molecule has 0 bridgehead atoms. The minimum Gasteiger partial charge on any atom is -0.454 e. The average Bonchev–Trinajstić information content (AvgIpc) is 3.36. The first kappa shape index (κ1) is 23.7. The van der Waals surface area contributed by atoms with Crippen molar-refractivity contribution in [2.45, 2.75) is 25.0 Å². The summed E-state index contributed by atoms with van der Waals surface area (Å²) in [6.45, 7) is 4.13. The fourth-order valence-electron chi connectivity index (χ4n) is 4.09. The minimum atomic E-state index is -0.234. The molecule has 0 saturated heterocycles. The van der Waals surface area contributed by atoms with E-state index in [1.807, 2.05) is 86.6 Å². The molecular formula is C28H25N3O4S. The summed E-state index contributed by atoms with van der Waals surface area (Å²) in [6, 6.07) is 25.8. The van der Waals surface area contributed by atoms with Gasteiger partial charge in [0.2, 0.25) is 12.7 Å². The van der Waals surface area contributed by atoms with Crippen LogP contribution in [0, 0.1) is 0 Å². The minimum absolute atomic E-state index is 0.0234. The zero-order chi connectivity index (χ0) is 25.1. The summed E-state index contributed by atoms with van der Waals surface area (Å²) >= 11 is 1.24. The van der Waals surface area contributed by atoms with Crippen molar-refractivity contribution in [3.05, 3.63) is 95.3 Å². The van der Waals surface area contributed by atoms with Gasteiger partial charge in [0.1, 0.15) is 0 Å². The summed E-state index contributed by atoms with van der Waals surface area (Å²) in [6.07, 6.45) is 0. The zero-order valence-corrected chi connectivity index (χ0v) is 20.8. The molecule has 0 unspecified atom stereocenters. The maximum Gasteiger partial charge on any atom is 0.259 e. The number of rotatable bonds is 7. The first-order valence-electron chi connectivity index (χ1n) is 11.6. The first-order chi connectivity index (χ1) is 17.5. The molecule has 8 heteroatoms. The molecule has 1 amide bonds. The largest absolute Gasteiger partial charge is 0.454 e. The number of aromatic nitrogens is 2. The number of amides is 1. The van der Waals surface area contributed by atoms with Crippen LogP contribution in [0.4, 0.5) is 5.69 Å². The lowest BCUT2D eigenvalue weighted by Gasteiger charge is -2.27. The molecular weight excluding hydrogens is 474 g/mol. The van der Waals surface area contributed by atoms with Gasteiger partial charge in [0.05, 0.1) is 17.1 Å². The lowest BCUT2D eigenvalue weighted by Crippen LogP contribution is -2.38. The van der Waals surface area contributed by atoms with Gasteiger partial charge in [-0.3, -0.25) is 14.2 Å². The highest BCUT2D eigenvalue weighted by Crippen LogP contribution is 2.35. The van der Waals surface area contributed by atoms with Gasteiger partial charge in [-0.15, -0.1) is 0 Å². The highest BCUT2D eigenvalue weighted by atomic mass is 32.2. The maximum atomic E-state index is 13.3. The van der Waals surface area contributed by atoms with Crippen molar-refractivity contribution >= 4 is 23.4 Å². The Morgan fingerprint density at radius 3 is 2.39 bits per heavy atom. The Kier molecular flexibility index (Phi) is 6.77. The number of para-hydroxylation sites is 2. The summed E-state index contributed by atoms with van der Waals surface area (Å²) in [7, 11) is 0. The SMILES string of the molecule is CC(C)N(C(=O)CSc1nc(-c2ccc3c(c2)OCO3)cc(=O)n1-c1ccccc1)c1ccccc1.